The number of carbonyl (C=O) groups is 1. The van der Waals surface area contributed by atoms with E-state index in [1.165, 1.54) is 4.31 Å². The summed E-state index contributed by atoms with van der Waals surface area (Å²) in [6.07, 6.45) is 1.84. The Hall–Kier alpha value is -0.700. The average Bonchev–Trinajstić information content (AvgIpc) is 2.43. The fraction of sp³-hybridized carbons (Fsp3) is 0.923. The Morgan fingerprint density at radius 2 is 2.14 bits per heavy atom. The first-order chi connectivity index (χ1) is 9.68. The lowest BCUT2D eigenvalue weighted by molar-refractivity contribution is -0.142. The maximum Gasteiger partial charge on any atom is 0.307 e. The maximum absolute atomic E-state index is 12.3. The van der Waals surface area contributed by atoms with E-state index in [1.807, 2.05) is 13.8 Å². The predicted molar refractivity (Wildman–Crippen MR) is 79.1 cm³/mol. The third-order valence-electron chi connectivity index (χ3n) is 3.79. The van der Waals surface area contributed by atoms with E-state index in [-0.39, 0.29) is 12.0 Å². The number of aliphatic carboxylic acids is 1. The second kappa shape index (κ2) is 7.53. The van der Waals surface area contributed by atoms with Gasteiger partial charge in [-0.3, -0.25) is 4.79 Å². The molecule has 1 heterocycles. The number of nitrogens with zero attached hydrogens (tertiary/aromatic N) is 1. The number of carboxylic acid groups (broad SMARTS) is 1. The molecule has 1 fully saturated rings. The van der Waals surface area contributed by atoms with Crippen LogP contribution in [0, 0.1) is 11.3 Å². The van der Waals surface area contributed by atoms with Crippen molar-refractivity contribution in [2.75, 3.05) is 33.4 Å². The van der Waals surface area contributed by atoms with Gasteiger partial charge in [-0.15, -0.1) is 0 Å². The van der Waals surface area contributed by atoms with Crippen LogP contribution in [0.3, 0.4) is 0 Å². The van der Waals surface area contributed by atoms with Gasteiger partial charge in [0.2, 0.25) is 0 Å². The van der Waals surface area contributed by atoms with E-state index in [0.29, 0.717) is 32.5 Å². The highest BCUT2D eigenvalue weighted by Crippen LogP contribution is 2.21. The van der Waals surface area contributed by atoms with Gasteiger partial charge in [0.05, 0.1) is 5.92 Å². The topological polar surface area (TPSA) is 95.9 Å². The van der Waals surface area contributed by atoms with Crippen LogP contribution in [0.5, 0.6) is 0 Å². The van der Waals surface area contributed by atoms with Gasteiger partial charge in [-0.1, -0.05) is 13.8 Å². The zero-order valence-corrected chi connectivity index (χ0v) is 13.8. The Balaban J connectivity index is 2.58. The lowest BCUT2D eigenvalue weighted by Gasteiger charge is -2.31. The number of piperidine rings is 1. The third kappa shape index (κ3) is 5.90. The van der Waals surface area contributed by atoms with Gasteiger partial charge in [-0.25, -0.2) is 4.72 Å². The molecule has 1 atom stereocenters. The van der Waals surface area contributed by atoms with E-state index in [2.05, 4.69) is 4.72 Å². The highest BCUT2D eigenvalue weighted by Gasteiger charge is 2.33. The molecule has 8 heteroatoms. The largest absolute Gasteiger partial charge is 0.481 e. The molecule has 1 aliphatic rings. The van der Waals surface area contributed by atoms with Crippen LogP contribution in [-0.2, 0) is 19.7 Å². The Kier molecular flexibility index (Phi) is 6.58. The minimum absolute atomic E-state index is 0.0448. The molecular formula is C13H26N2O5S. The number of hydrogen-bond acceptors (Lipinski definition) is 4. The molecule has 0 aromatic carbocycles. The van der Waals surface area contributed by atoms with Crippen LogP contribution < -0.4 is 4.72 Å². The van der Waals surface area contributed by atoms with Gasteiger partial charge in [-0.2, -0.15) is 12.7 Å². The number of ether oxygens (including phenoxy) is 1. The zero-order chi connectivity index (χ0) is 16.1. The minimum Gasteiger partial charge on any atom is -0.481 e. The molecule has 1 unspecified atom stereocenters. The van der Waals surface area contributed by atoms with E-state index in [0.717, 1.165) is 6.42 Å². The highest BCUT2D eigenvalue weighted by molar-refractivity contribution is 7.87. The normalized spacial score (nSPS) is 21.4. The van der Waals surface area contributed by atoms with Crippen molar-refractivity contribution in [1.82, 2.24) is 9.03 Å². The van der Waals surface area contributed by atoms with Gasteiger partial charge < -0.3 is 9.84 Å². The number of rotatable bonds is 8. The summed E-state index contributed by atoms with van der Waals surface area (Å²) >= 11 is 0. The van der Waals surface area contributed by atoms with Crippen LogP contribution in [0.15, 0.2) is 0 Å². The second-order valence-corrected chi connectivity index (χ2v) is 8.02. The van der Waals surface area contributed by atoms with Crippen LogP contribution in [-0.4, -0.2) is 57.1 Å². The Bertz CT molecular complexity index is 449. The van der Waals surface area contributed by atoms with Gasteiger partial charge in [0.25, 0.3) is 10.2 Å². The Morgan fingerprint density at radius 1 is 1.48 bits per heavy atom. The molecule has 0 radical (unpaired) electrons. The van der Waals surface area contributed by atoms with Crippen LogP contribution in [0.25, 0.3) is 0 Å². The summed E-state index contributed by atoms with van der Waals surface area (Å²) in [5.74, 6) is -1.55. The van der Waals surface area contributed by atoms with Crippen molar-refractivity contribution in [3.8, 4) is 0 Å². The molecule has 1 rings (SSSR count). The molecule has 0 amide bonds. The number of hydrogen-bond donors (Lipinski definition) is 2. The van der Waals surface area contributed by atoms with Crippen LogP contribution in [0.4, 0.5) is 0 Å². The summed E-state index contributed by atoms with van der Waals surface area (Å²) in [7, 11) is -2.02. The molecule has 0 aromatic heterocycles. The summed E-state index contributed by atoms with van der Waals surface area (Å²) in [5, 5.41) is 9.02. The first-order valence-electron chi connectivity index (χ1n) is 7.14. The second-order valence-electron chi connectivity index (χ2n) is 6.27. The van der Waals surface area contributed by atoms with Crippen molar-refractivity contribution < 1.29 is 23.1 Å². The monoisotopic (exact) mass is 322 g/mol. The standard InChI is InChI=1S/C13H26N2O5S/c1-13(2,6-8-20-3)10-14-21(18,19)15-7-4-5-11(9-15)12(16)17/h11,14H,4-10H2,1-3H3,(H,16,17). The van der Waals surface area contributed by atoms with E-state index in [1.54, 1.807) is 7.11 Å². The van der Waals surface area contributed by atoms with Crippen molar-refractivity contribution in [3.05, 3.63) is 0 Å². The van der Waals surface area contributed by atoms with Gasteiger partial charge in [-0.05, 0) is 24.7 Å². The molecular weight excluding hydrogens is 296 g/mol. The summed E-state index contributed by atoms with van der Waals surface area (Å²) in [4.78, 5) is 11.0. The summed E-state index contributed by atoms with van der Waals surface area (Å²) in [5.41, 5.74) is -0.217. The summed E-state index contributed by atoms with van der Waals surface area (Å²) in [6.45, 7) is 5.21. The van der Waals surface area contributed by atoms with E-state index in [4.69, 9.17) is 9.84 Å². The molecule has 7 nitrogen and oxygen atoms in total. The van der Waals surface area contributed by atoms with Gasteiger partial charge in [0.15, 0.2) is 0 Å². The molecule has 0 aliphatic carbocycles. The number of carboxylic acids is 1. The minimum atomic E-state index is -3.63. The Labute approximate surface area is 126 Å². The fourth-order valence-electron chi connectivity index (χ4n) is 2.21. The molecule has 1 aliphatic heterocycles. The molecule has 124 valence electrons. The van der Waals surface area contributed by atoms with Crippen molar-refractivity contribution in [2.24, 2.45) is 11.3 Å². The van der Waals surface area contributed by atoms with Crippen LogP contribution in [0.1, 0.15) is 33.1 Å². The van der Waals surface area contributed by atoms with Crippen molar-refractivity contribution >= 4 is 16.2 Å². The van der Waals surface area contributed by atoms with Gasteiger partial charge in [0, 0.05) is 33.4 Å². The molecule has 1 saturated heterocycles. The smallest absolute Gasteiger partial charge is 0.307 e. The number of methoxy groups -OCH3 is 1. The zero-order valence-electron chi connectivity index (χ0n) is 13.0. The fourth-order valence-corrected chi connectivity index (χ4v) is 3.71. The van der Waals surface area contributed by atoms with E-state index in [9.17, 15) is 13.2 Å². The SMILES string of the molecule is COCCC(C)(C)CNS(=O)(=O)N1CCCC(C(=O)O)C1. The number of nitrogens with one attached hydrogen (secondary N) is 1. The van der Waals surface area contributed by atoms with Crippen LogP contribution in [0.2, 0.25) is 0 Å². The molecule has 2 N–H and O–H groups in total. The lowest BCUT2D eigenvalue weighted by atomic mass is 9.90. The van der Waals surface area contributed by atoms with Crippen molar-refractivity contribution in [2.45, 2.75) is 33.1 Å². The van der Waals surface area contributed by atoms with Gasteiger partial charge >= 0.3 is 5.97 Å². The van der Waals surface area contributed by atoms with Crippen molar-refractivity contribution in [1.29, 1.82) is 0 Å². The van der Waals surface area contributed by atoms with Crippen LogP contribution >= 0.6 is 0 Å². The molecule has 0 bridgehead atoms. The molecule has 0 aromatic rings. The highest BCUT2D eigenvalue weighted by atomic mass is 32.2. The first-order valence-corrected chi connectivity index (χ1v) is 8.58. The average molecular weight is 322 g/mol. The molecule has 21 heavy (non-hydrogen) atoms. The quantitative estimate of drug-likeness (QED) is 0.685. The third-order valence-corrected chi connectivity index (χ3v) is 5.31. The maximum atomic E-state index is 12.3. The molecule has 0 saturated carbocycles. The predicted octanol–water partition coefficient (Wildman–Crippen LogP) is 0.680. The van der Waals surface area contributed by atoms with E-state index >= 15 is 0 Å². The lowest BCUT2D eigenvalue weighted by Crippen LogP contribution is -2.49. The van der Waals surface area contributed by atoms with Crippen molar-refractivity contribution in [3.63, 3.8) is 0 Å². The molecule has 0 spiro atoms. The first kappa shape index (κ1) is 18.3. The summed E-state index contributed by atoms with van der Waals surface area (Å²) in [6, 6.07) is 0. The Morgan fingerprint density at radius 3 is 2.71 bits per heavy atom. The summed E-state index contributed by atoms with van der Waals surface area (Å²) < 4.78 is 33.4. The van der Waals surface area contributed by atoms with E-state index < -0.39 is 22.1 Å². The van der Waals surface area contributed by atoms with Gasteiger partial charge in [0.1, 0.15) is 0 Å².